The first-order chi connectivity index (χ1) is 10.1. The Balaban J connectivity index is 1.73. The molecule has 3 rings (SSSR count). The molecule has 0 fully saturated rings. The van der Waals surface area contributed by atoms with Gasteiger partial charge in [0.15, 0.2) is 5.16 Å². The monoisotopic (exact) mass is 305 g/mol. The van der Waals surface area contributed by atoms with Gasteiger partial charge in [-0.1, -0.05) is 23.9 Å². The predicted molar refractivity (Wildman–Crippen MR) is 80.1 cm³/mol. The van der Waals surface area contributed by atoms with Gasteiger partial charge >= 0.3 is 0 Å². The second-order valence-electron chi connectivity index (χ2n) is 4.64. The molecule has 108 valence electrons. The van der Waals surface area contributed by atoms with E-state index in [1.165, 1.54) is 11.8 Å². The molecule has 1 aromatic heterocycles. The van der Waals surface area contributed by atoms with Crippen LogP contribution in [0.1, 0.15) is 11.6 Å². The normalized spacial score (nSPS) is 12.7. The van der Waals surface area contributed by atoms with E-state index in [0.717, 1.165) is 29.2 Å². The Bertz CT molecular complexity index is 739. The molecule has 1 heterocycles. The van der Waals surface area contributed by atoms with Crippen molar-refractivity contribution in [3.8, 4) is 0 Å². The number of halogens is 2. The van der Waals surface area contributed by atoms with Crippen LogP contribution in [0.5, 0.6) is 0 Å². The average Bonchev–Trinajstić information content (AvgIpc) is 2.90. The van der Waals surface area contributed by atoms with Gasteiger partial charge < -0.3 is 10.7 Å². The topological polar surface area (TPSA) is 54.7 Å². The van der Waals surface area contributed by atoms with Gasteiger partial charge in [-0.05, 0) is 30.3 Å². The van der Waals surface area contributed by atoms with Crippen molar-refractivity contribution in [3.63, 3.8) is 0 Å². The Morgan fingerprint density at radius 1 is 1.19 bits per heavy atom. The van der Waals surface area contributed by atoms with Crippen LogP contribution in [-0.2, 0) is 0 Å². The molecule has 0 amide bonds. The van der Waals surface area contributed by atoms with Crippen LogP contribution in [0.4, 0.5) is 8.78 Å². The molecule has 0 spiro atoms. The first kappa shape index (κ1) is 14.0. The zero-order valence-electron chi connectivity index (χ0n) is 11.0. The number of hydrogen-bond donors (Lipinski definition) is 2. The fourth-order valence-electron chi connectivity index (χ4n) is 2.06. The third-order valence-corrected chi connectivity index (χ3v) is 4.12. The maximum Gasteiger partial charge on any atom is 0.166 e. The summed E-state index contributed by atoms with van der Waals surface area (Å²) in [6.45, 7) is 0. The van der Waals surface area contributed by atoms with Crippen molar-refractivity contribution >= 4 is 22.8 Å². The van der Waals surface area contributed by atoms with Gasteiger partial charge in [0.05, 0.1) is 11.0 Å². The number of para-hydroxylation sites is 2. The van der Waals surface area contributed by atoms with Gasteiger partial charge in [0.25, 0.3) is 0 Å². The van der Waals surface area contributed by atoms with Crippen molar-refractivity contribution in [1.82, 2.24) is 9.97 Å². The van der Waals surface area contributed by atoms with Gasteiger partial charge in [0.1, 0.15) is 11.6 Å². The predicted octanol–water partition coefficient (Wildman–Crippen LogP) is 3.63. The summed E-state index contributed by atoms with van der Waals surface area (Å²) in [7, 11) is 0. The number of nitrogens with one attached hydrogen (secondary N) is 1. The summed E-state index contributed by atoms with van der Waals surface area (Å²) in [4.78, 5) is 7.56. The zero-order valence-corrected chi connectivity index (χ0v) is 11.8. The molecule has 0 radical (unpaired) electrons. The van der Waals surface area contributed by atoms with Gasteiger partial charge in [0, 0.05) is 17.4 Å². The van der Waals surface area contributed by atoms with E-state index in [9.17, 15) is 8.78 Å². The lowest BCUT2D eigenvalue weighted by molar-refractivity contribution is 0.573. The Kier molecular flexibility index (Phi) is 3.90. The van der Waals surface area contributed by atoms with Gasteiger partial charge in [-0.3, -0.25) is 0 Å². The highest BCUT2D eigenvalue weighted by Gasteiger charge is 2.14. The molecule has 6 heteroatoms. The average molecular weight is 305 g/mol. The van der Waals surface area contributed by atoms with E-state index in [1.807, 2.05) is 24.3 Å². The third kappa shape index (κ3) is 3.06. The lowest BCUT2D eigenvalue weighted by Crippen LogP contribution is -2.15. The number of aromatic amines is 1. The van der Waals surface area contributed by atoms with Crippen LogP contribution in [0.15, 0.2) is 47.6 Å². The number of nitrogens with two attached hydrogens (primary N) is 1. The minimum atomic E-state index is -0.598. The molecule has 1 unspecified atom stereocenters. The van der Waals surface area contributed by atoms with Crippen molar-refractivity contribution in [2.75, 3.05) is 5.75 Å². The molecule has 3 nitrogen and oxygen atoms in total. The number of rotatable bonds is 4. The van der Waals surface area contributed by atoms with E-state index in [2.05, 4.69) is 9.97 Å². The highest BCUT2D eigenvalue weighted by Crippen LogP contribution is 2.25. The molecule has 3 aromatic rings. The summed E-state index contributed by atoms with van der Waals surface area (Å²) >= 11 is 1.38. The number of thioether (sulfide) groups is 1. The summed E-state index contributed by atoms with van der Waals surface area (Å²) in [6, 6.07) is 10.4. The number of aromatic nitrogens is 2. The molecule has 0 aliphatic heterocycles. The maximum atomic E-state index is 13.6. The van der Waals surface area contributed by atoms with E-state index in [4.69, 9.17) is 5.73 Å². The second kappa shape index (κ2) is 5.83. The van der Waals surface area contributed by atoms with Crippen molar-refractivity contribution in [2.24, 2.45) is 5.73 Å². The number of H-pyrrole nitrogens is 1. The van der Waals surface area contributed by atoms with Gasteiger partial charge in [-0.2, -0.15) is 0 Å². The summed E-state index contributed by atoms with van der Waals surface area (Å²) in [6.07, 6.45) is 0. The third-order valence-electron chi connectivity index (χ3n) is 3.12. The number of nitrogens with zero attached hydrogens (tertiary/aromatic N) is 1. The van der Waals surface area contributed by atoms with Crippen LogP contribution >= 0.6 is 11.8 Å². The molecule has 3 N–H and O–H groups in total. The zero-order chi connectivity index (χ0) is 14.8. The first-order valence-corrected chi connectivity index (χ1v) is 7.40. The van der Waals surface area contributed by atoms with E-state index in [1.54, 1.807) is 0 Å². The Labute approximate surface area is 124 Å². The van der Waals surface area contributed by atoms with Crippen molar-refractivity contribution < 1.29 is 8.78 Å². The molecule has 1 atom stereocenters. The maximum absolute atomic E-state index is 13.6. The number of hydrogen-bond acceptors (Lipinski definition) is 3. The summed E-state index contributed by atoms with van der Waals surface area (Å²) < 4.78 is 26.8. The number of imidazole rings is 1. The lowest BCUT2D eigenvalue weighted by atomic mass is 10.1. The molecule has 0 bridgehead atoms. The van der Waals surface area contributed by atoms with Crippen LogP contribution in [0.25, 0.3) is 11.0 Å². The van der Waals surface area contributed by atoms with Crippen LogP contribution in [-0.4, -0.2) is 15.7 Å². The second-order valence-corrected chi connectivity index (χ2v) is 5.65. The standard InChI is InChI=1S/C15H13F2N3S/c16-9-5-6-11(17)10(7-9)12(18)8-21-15-19-13-3-1-2-4-14(13)20-15/h1-7,12H,8,18H2,(H,19,20). The van der Waals surface area contributed by atoms with Crippen LogP contribution < -0.4 is 5.73 Å². The molecular weight excluding hydrogens is 292 g/mol. The SMILES string of the molecule is NC(CSc1nc2ccccc2[nH]1)c1cc(F)ccc1F. The Hall–Kier alpha value is -1.92. The highest BCUT2D eigenvalue weighted by molar-refractivity contribution is 7.99. The fourth-order valence-corrected chi connectivity index (χ4v) is 2.92. The Morgan fingerprint density at radius 3 is 2.81 bits per heavy atom. The van der Waals surface area contributed by atoms with E-state index in [0.29, 0.717) is 10.9 Å². The number of fused-ring (bicyclic) bond motifs is 1. The van der Waals surface area contributed by atoms with Gasteiger partial charge in [-0.25, -0.2) is 13.8 Å². The molecule has 0 aliphatic carbocycles. The van der Waals surface area contributed by atoms with Crippen molar-refractivity contribution in [2.45, 2.75) is 11.2 Å². The molecule has 21 heavy (non-hydrogen) atoms. The van der Waals surface area contributed by atoms with Crippen LogP contribution in [0.3, 0.4) is 0 Å². The minimum absolute atomic E-state index is 0.179. The fraction of sp³-hybridized carbons (Fsp3) is 0.133. The quantitative estimate of drug-likeness (QED) is 0.724. The van der Waals surface area contributed by atoms with Gasteiger partial charge in [0.2, 0.25) is 0 Å². The van der Waals surface area contributed by atoms with E-state index >= 15 is 0 Å². The molecule has 0 saturated heterocycles. The molecular formula is C15H13F2N3S. The van der Waals surface area contributed by atoms with Crippen LogP contribution in [0, 0.1) is 11.6 Å². The Morgan fingerprint density at radius 2 is 2.00 bits per heavy atom. The molecule has 2 aromatic carbocycles. The summed E-state index contributed by atoms with van der Waals surface area (Å²) in [5.41, 5.74) is 7.92. The largest absolute Gasteiger partial charge is 0.333 e. The van der Waals surface area contributed by atoms with Crippen molar-refractivity contribution in [3.05, 3.63) is 59.7 Å². The molecule has 0 aliphatic rings. The molecule has 0 saturated carbocycles. The lowest BCUT2D eigenvalue weighted by Gasteiger charge is -2.11. The van der Waals surface area contributed by atoms with E-state index < -0.39 is 17.7 Å². The highest BCUT2D eigenvalue weighted by atomic mass is 32.2. The van der Waals surface area contributed by atoms with Gasteiger partial charge in [-0.15, -0.1) is 0 Å². The summed E-state index contributed by atoms with van der Waals surface area (Å²) in [5.74, 6) is -0.579. The van der Waals surface area contributed by atoms with Crippen LogP contribution in [0.2, 0.25) is 0 Å². The van der Waals surface area contributed by atoms with E-state index in [-0.39, 0.29) is 5.56 Å². The first-order valence-electron chi connectivity index (χ1n) is 6.41. The number of benzene rings is 2. The minimum Gasteiger partial charge on any atom is -0.333 e. The summed E-state index contributed by atoms with van der Waals surface area (Å²) in [5, 5.41) is 0.712. The smallest absolute Gasteiger partial charge is 0.166 e. The van der Waals surface area contributed by atoms with Crippen molar-refractivity contribution in [1.29, 1.82) is 0 Å².